The van der Waals surface area contributed by atoms with Crippen molar-refractivity contribution in [1.29, 1.82) is 0 Å². The molecule has 1 aliphatic rings. The van der Waals surface area contributed by atoms with E-state index in [0.717, 1.165) is 32.0 Å². The maximum atomic E-state index is 12.9. The number of benzene rings is 1. The molecule has 1 aromatic carbocycles. The normalized spacial score (nSPS) is 18.0. The van der Waals surface area contributed by atoms with Gasteiger partial charge >= 0.3 is 6.18 Å². The zero-order valence-corrected chi connectivity index (χ0v) is 12.2. The van der Waals surface area contributed by atoms with Crippen LogP contribution in [0.5, 0.6) is 0 Å². The second-order valence-corrected chi connectivity index (χ2v) is 5.61. The minimum atomic E-state index is -4.48. The molecule has 1 fully saturated rings. The molecule has 0 aliphatic carbocycles. The highest BCUT2D eigenvalue weighted by atomic mass is 35.5. The summed E-state index contributed by atoms with van der Waals surface area (Å²) >= 11 is 5.83. The van der Waals surface area contributed by atoms with Crippen LogP contribution in [-0.4, -0.2) is 42.3 Å². The Morgan fingerprint density at radius 3 is 2.57 bits per heavy atom. The number of rotatable bonds is 5. The van der Waals surface area contributed by atoms with E-state index >= 15 is 0 Å². The molecule has 0 amide bonds. The summed E-state index contributed by atoms with van der Waals surface area (Å²) in [5, 5.41) is 12.6. The summed E-state index contributed by atoms with van der Waals surface area (Å²) in [7, 11) is 0. The Labute approximate surface area is 126 Å². The average Bonchev–Trinajstić information content (AvgIpc) is 2.88. The van der Waals surface area contributed by atoms with Crippen molar-refractivity contribution in [2.24, 2.45) is 0 Å². The number of nitrogens with one attached hydrogen (secondary N) is 1. The van der Waals surface area contributed by atoms with E-state index in [2.05, 4.69) is 10.2 Å². The number of aliphatic hydroxyl groups is 1. The van der Waals surface area contributed by atoms with E-state index in [1.54, 1.807) is 0 Å². The van der Waals surface area contributed by atoms with E-state index in [9.17, 15) is 18.3 Å². The first kappa shape index (κ1) is 16.4. The van der Waals surface area contributed by atoms with E-state index in [0.29, 0.717) is 6.54 Å². The van der Waals surface area contributed by atoms with Gasteiger partial charge in [0.1, 0.15) is 0 Å². The van der Waals surface area contributed by atoms with Crippen LogP contribution in [0.15, 0.2) is 18.2 Å². The lowest BCUT2D eigenvalue weighted by molar-refractivity contribution is -0.137. The minimum Gasteiger partial charge on any atom is -0.390 e. The number of hydrogen-bond acceptors (Lipinski definition) is 3. The molecule has 1 aliphatic heterocycles. The molecule has 1 unspecified atom stereocenters. The lowest BCUT2D eigenvalue weighted by Gasteiger charge is -2.21. The summed E-state index contributed by atoms with van der Waals surface area (Å²) in [6.45, 7) is 2.34. The van der Waals surface area contributed by atoms with Crippen LogP contribution >= 0.6 is 11.6 Å². The van der Waals surface area contributed by atoms with Gasteiger partial charge in [-0.05, 0) is 38.1 Å². The molecular formula is C14H18ClF3N2O. The third kappa shape index (κ3) is 4.49. The number of alkyl halides is 3. The highest BCUT2D eigenvalue weighted by molar-refractivity contribution is 6.33. The van der Waals surface area contributed by atoms with Crippen LogP contribution in [0.1, 0.15) is 18.4 Å². The third-order valence-electron chi connectivity index (χ3n) is 3.50. The van der Waals surface area contributed by atoms with Crippen LogP contribution in [0.25, 0.3) is 0 Å². The van der Waals surface area contributed by atoms with Crippen molar-refractivity contribution < 1.29 is 18.3 Å². The summed E-state index contributed by atoms with van der Waals surface area (Å²) in [6.07, 6.45) is -3.01. The summed E-state index contributed by atoms with van der Waals surface area (Å²) < 4.78 is 38.7. The SMILES string of the molecule is OC(CNc1c(Cl)cccc1C(F)(F)F)CN1CCCC1. The first-order valence-corrected chi connectivity index (χ1v) is 7.25. The number of halogens is 4. The molecule has 0 saturated carbocycles. The van der Waals surface area contributed by atoms with Gasteiger partial charge in [-0.1, -0.05) is 17.7 Å². The fourth-order valence-corrected chi connectivity index (χ4v) is 2.73. The van der Waals surface area contributed by atoms with Gasteiger partial charge in [-0.2, -0.15) is 13.2 Å². The first-order valence-electron chi connectivity index (χ1n) is 6.88. The van der Waals surface area contributed by atoms with Gasteiger partial charge in [-0.3, -0.25) is 0 Å². The Kier molecular flexibility index (Phi) is 5.35. The third-order valence-corrected chi connectivity index (χ3v) is 3.82. The largest absolute Gasteiger partial charge is 0.418 e. The first-order chi connectivity index (χ1) is 9.88. The van der Waals surface area contributed by atoms with Gasteiger partial charge in [0.05, 0.1) is 22.4 Å². The van der Waals surface area contributed by atoms with Crippen LogP contribution < -0.4 is 5.32 Å². The highest BCUT2D eigenvalue weighted by Gasteiger charge is 2.34. The quantitative estimate of drug-likeness (QED) is 0.873. The smallest absolute Gasteiger partial charge is 0.390 e. The maximum Gasteiger partial charge on any atom is 0.418 e. The molecule has 7 heteroatoms. The number of aliphatic hydroxyl groups excluding tert-OH is 1. The van der Waals surface area contributed by atoms with E-state index in [-0.39, 0.29) is 17.3 Å². The number of hydrogen-bond donors (Lipinski definition) is 2. The molecule has 21 heavy (non-hydrogen) atoms. The van der Waals surface area contributed by atoms with Crippen molar-refractivity contribution in [3.63, 3.8) is 0 Å². The average molecular weight is 323 g/mol. The van der Waals surface area contributed by atoms with Gasteiger partial charge in [0.2, 0.25) is 0 Å². The summed E-state index contributed by atoms with van der Waals surface area (Å²) in [6, 6.07) is 3.63. The number of anilines is 1. The van der Waals surface area contributed by atoms with Crippen molar-refractivity contribution in [2.75, 3.05) is 31.5 Å². The molecule has 1 saturated heterocycles. The van der Waals surface area contributed by atoms with Crippen LogP contribution in [0, 0.1) is 0 Å². The van der Waals surface area contributed by atoms with Crippen molar-refractivity contribution in [1.82, 2.24) is 4.90 Å². The lowest BCUT2D eigenvalue weighted by Crippen LogP contribution is -2.34. The van der Waals surface area contributed by atoms with Gasteiger partial charge in [-0.25, -0.2) is 0 Å². The molecule has 2 N–H and O–H groups in total. The van der Waals surface area contributed by atoms with Crippen molar-refractivity contribution in [3.8, 4) is 0 Å². The number of β-amino-alcohol motifs (C(OH)–C–C–N with tert-alkyl or cyclic N) is 1. The number of para-hydroxylation sites is 1. The zero-order chi connectivity index (χ0) is 15.5. The molecule has 2 rings (SSSR count). The molecular weight excluding hydrogens is 305 g/mol. The monoisotopic (exact) mass is 322 g/mol. The second kappa shape index (κ2) is 6.85. The van der Waals surface area contributed by atoms with Crippen LogP contribution in [0.3, 0.4) is 0 Å². The molecule has 0 aromatic heterocycles. The predicted octanol–water partition coefficient (Wildman–Crippen LogP) is 3.23. The van der Waals surface area contributed by atoms with Crippen molar-refractivity contribution in [3.05, 3.63) is 28.8 Å². The predicted molar refractivity (Wildman–Crippen MR) is 76.6 cm³/mol. The van der Waals surface area contributed by atoms with Crippen molar-refractivity contribution in [2.45, 2.75) is 25.1 Å². The van der Waals surface area contributed by atoms with Gasteiger partial charge in [0, 0.05) is 13.1 Å². The molecule has 1 heterocycles. The van der Waals surface area contributed by atoms with E-state index in [4.69, 9.17) is 11.6 Å². The lowest BCUT2D eigenvalue weighted by atomic mass is 10.1. The molecule has 0 spiro atoms. The molecule has 1 aromatic rings. The van der Waals surface area contributed by atoms with Gasteiger partial charge in [0.25, 0.3) is 0 Å². The Bertz CT molecular complexity index is 476. The minimum absolute atomic E-state index is 0.00167. The van der Waals surface area contributed by atoms with Crippen molar-refractivity contribution >= 4 is 17.3 Å². The highest BCUT2D eigenvalue weighted by Crippen LogP contribution is 2.38. The van der Waals surface area contributed by atoms with Crippen LogP contribution in [0.2, 0.25) is 5.02 Å². The molecule has 0 bridgehead atoms. The van der Waals surface area contributed by atoms with Crippen LogP contribution in [0.4, 0.5) is 18.9 Å². The van der Waals surface area contributed by atoms with E-state index < -0.39 is 17.8 Å². The zero-order valence-electron chi connectivity index (χ0n) is 11.5. The molecule has 3 nitrogen and oxygen atoms in total. The fourth-order valence-electron chi connectivity index (χ4n) is 2.49. The Morgan fingerprint density at radius 2 is 1.95 bits per heavy atom. The van der Waals surface area contributed by atoms with E-state index in [1.807, 2.05) is 0 Å². The Balaban J connectivity index is 1.99. The Morgan fingerprint density at radius 1 is 1.29 bits per heavy atom. The molecule has 0 radical (unpaired) electrons. The summed E-state index contributed by atoms with van der Waals surface area (Å²) in [4.78, 5) is 2.10. The van der Waals surface area contributed by atoms with Gasteiger partial charge in [-0.15, -0.1) is 0 Å². The molecule has 1 atom stereocenters. The summed E-state index contributed by atoms with van der Waals surface area (Å²) in [5.74, 6) is 0. The maximum absolute atomic E-state index is 12.9. The number of likely N-dealkylation sites (tertiary alicyclic amines) is 1. The molecule has 118 valence electrons. The Hall–Kier alpha value is -0.980. The standard InChI is InChI=1S/C14H18ClF3N2O/c15-12-5-3-4-11(14(16,17)18)13(12)19-8-10(21)9-20-6-1-2-7-20/h3-5,10,19,21H,1-2,6-9H2. The topological polar surface area (TPSA) is 35.5 Å². The van der Waals surface area contributed by atoms with Crippen LogP contribution in [-0.2, 0) is 6.18 Å². The second-order valence-electron chi connectivity index (χ2n) is 5.20. The fraction of sp³-hybridized carbons (Fsp3) is 0.571. The van der Waals surface area contributed by atoms with Gasteiger partial charge < -0.3 is 15.3 Å². The van der Waals surface area contributed by atoms with E-state index in [1.165, 1.54) is 12.1 Å². The summed E-state index contributed by atoms with van der Waals surface area (Å²) in [5.41, 5.74) is -0.990. The van der Waals surface area contributed by atoms with Gasteiger partial charge in [0.15, 0.2) is 0 Å². The number of nitrogens with zero attached hydrogens (tertiary/aromatic N) is 1.